The summed E-state index contributed by atoms with van der Waals surface area (Å²) in [5.41, 5.74) is 2.91. The summed E-state index contributed by atoms with van der Waals surface area (Å²) in [6, 6.07) is 21.6. The summed E-state index contributed by atoms with van der Waals surface area (Å²) >= 11 is 0. The molecule has 1 atom stereocenters. The molecular formula is C30H34O5. The van der Waals surface area contributed by atoms with Crippen LogP contribution < -0.4 is 9.47 Å². The van der Waals surface area contributed by atoms with Gasteiger partial charge in [0.15, 0.2) is 0 Å². The minimum Gasteiger partial charge on any atom is -0.494 e. The zero-order valence-corrected chi connectivity index (χ0v) is 20.8. The van der Waals surface area contributed by atoms with Gasteiger partial charge in [-0.2, -0.15) is 0 Å². The van der Waals surface area contributed by atoms with E-state index in [4.69, 9.17) is 14.2 Å². The standard InChI is InChI=1S/C30H34O5/c1-4-6-7-20-33-27-16-12-24(13-17-27)23-8-10-26(11-9-23)30(32)35-28-18-14-25(15-19-28)29(31)34-21-22(3)5-2/h8-19,22H,4-7,20-21H2,1-3H3. The van der Waals surface area contributed by atoms with E-state index in [0.717, 1.165) is 36.3 Å². The smallest absolute Gasteiger partial charge is 0.343 e. The maximum Gasteiger partial charge on any atom is 0.343 e. The van der Waals surface area contributed by atoms with Crippen molar-refractivity contribution in [2.24, 2.45) is 5.92 Å². The number of rotatable bonds is 12. The first-order valence-corrected chi connectivity index (χ1v) is 12.3. The van der Waals surface area contributed by atoms with E-state index in [2.05, 4.69) is 13.8 Å². The van der Waals surface area contributed by atoms with Crippen molar-refractivity contribution in [1.82, 2.24) is 0 Å². The summed E-state index contributed by atoms with van der Waals surface area (Å²) in [7, 11) is 0. The Morgan fingerprint density at radius 3 is 1.86 bits per heavy atom. The molecule has 184 valence electrons. The van der Waals surface area contributed by atoms with E-state index in [-0.39, 0.29) is 5.97 Å². The average molecular weight is 475 g/mol. The van der Waals surface area contributed by atoms with Crippen LogP contribution in [-0.2, 0) is 4.74 Å². The predicted molar refractivity (Wildman–Crippen MR) is 138 cm³/mol. The van der Waals surface area contributed by atoms with Gasteiger partial charge in [0.05, 0.1) is 24.3 Å². The van der Waals surface area contributed by atoms with E-state index in [1.54, 1.807) is 36.4 Å². The summed E-state index contributed by atoms with van der Waals surface area (Å²) in [4.78, 5) is 24.7. The molecule has 0 heterocycles. The van der Waals surface area contributed by atoms with Crippen LogP contribution in [0.2, 0.25) is 0 Å². The highest BCUT2D eigenvalue weighted by atomic mass is 16.5. The summed E-state index contributed by atoms with van der Waals surface area (Å²) < 4.78 is 16.5. The molecule has 0 fully saturated rings. The Kier molecular flexibility index (Phi) is 9.91. The SMILES string of the molecule is CCCCCOc1ccc(-c2ccc(C(=O)Oc3ccc(C(=O)OCC(C)CC)cc3)cc2)cc1. The lowest BCUT2D eigenvalue weighted by atomic mass is 10.0. The van der Waals surface area contributed by atoms with Crippen molar-refractivity contribution in [2.75, 3.05) is 13.2 Å². The Hall–Kier alpha value is -3.60. The van der Waals surface area contributed by atoms with Gasteiger partial charge in [-0.1, -0.05) is 64.3 Å². The fraction of sp³-hybridized carbons (Fsp3) is 0.333. The summed E-state index contributed by atoms with van der Waals surface area (Å²) in [6.45, 7) is 7.38. The Bertz CT molecular complexity index is 1070. The van der Waals surface area contributed by atoms with Crippen molar-refractivity contribution >= 4 is 11.9 Å². The molecule has 0 saturated carbocycles. The normalized spacial score (nSPS) is 11.5. The Morgan fingerprint density at radius 1 is 0.714 bits per heavy atom. The Balaban J connectivity index is 1.54. The zero-order valence-electron chi connectivity index (χ0n) is 20.8. The lowest BCUT2D eigenvalue weighted by molar-refractivity contribution is 0.0447. The number of hydrogen-bond acceptors (Lipinski definition) is 5. The minimum absolute atomic E-state index is 0.319. The number of carbonyl (C=O) groups excluding carboxylic acids is 2. The first-order chi connectivity index (χ1) is 17.0. The largest absolute Gasteiger partial charge is 0.494 e. The third kappa shape index (κ3) is 7.99. The maximum absolute atomic E-state index is 12.6. The van der Waals surface area contributed by atoms with Gasteiger partial charge in [0.2, 0.25) is 0 Å². The highest BCUT2D eigenvalue weighted by Gasteiger charge is 2.12. The second-order valence-electron chi connectivity index (χ2n) is 8.68. The molecule has 0 aliphatic rings. The first kappa shape index (κ1) is 26.0. The number of carbonyl (C=O) groups is 2. The molecule has 0 saturated heterocycles. The van der Waals surface area contributed by atoms with Crippen molar-refractivity contribution in [1.29, 1.82) is 0 Å². The second kappa shape index (κ2) is 13.3. The minimum atomic E-state index is -0.459. The summed E-state index contributed by atoms with van der Waals surface area (Å²) in [5.74, 6) is 0.709. The Labute approximate surface area is 208 Å². The van der Waals surface area contributed by atoms with Gasteiger partial charge in [0.1, 0.15) is 11.5 Å². The maximum atomic E-state index is 12.6. The third-order valence-electron chi connectivity index (χ3n) is 5.82. The van der Waals surface area contributed by atoms with E-state index < -0.39 is 5.97 Å². The lowest BCUT2D eigenvalue weighted by Gasteiger charge is -2.10. The van der Waals surface area contributed by atoms with Crippen LogP contribution in [0.5, 0.6) is 11.5 Å². The van der Waals surface area contributed by atoms with Gasteiger partial charge < -0.3 is 14.2 Å². The zero-order chi connectivity index (χ0) is 25.0. The molecule has 5 heteroatoms. The fourth-order valence-electron chi connectivity index (χ4n) is 3.33. The second-order valence-corrected chi connectivity index (χ2v) is 8.68. The van der Waals surface area contributed by atoms with E-state index in [9.17, 15) is 9.59 Å². The molecule has 3 aromatic carbocycles. The molecule has 0 spiro atoms. The van der Waals surface area contributed by atoms with Gasteiger partial charge >= 0.3 is 11.9 Å². The van der Waals surface area contributed by atoms with Crippen LogP contribution in [0, 0.1) is 5.92 Å². The highest BCUT2D eigenvalue weighted by Crippen LogP contribution is 2.24. The molecule has 1 unspecified atom stereocenters. The number of hydrogen-bond donors (Lipinski definition) is 0. The van der Waals surface area contributed by atoms with Gasteiger partial charge in [0, 0.05) is 0 Å². The molecular weight excluding hydrogens is 440 g/mol. The van der Waals surface area contributed by atoms with Gasteiger partial charge in [-0.05, 0) is 72.0 Å². The predicted octanol–water partition coefficient (Wildman–Crippen LogP) is 7.34. The van der Waals surface area contributed by atoms with Crippen molar-refractivity contribution in [3.8, 4) is 22.6 Å². The molecule has 0 radical (unpaired) electrons. The van der Waals surface area contributed by atoms with Crippen LogP contribution in [0.3, 0.4) is 0 Å². The molecule has 3 rings (SSSR count). The van der Waals surface area contributed by atoms with Gasteiger partial charge in [-0.25, -0.2) is 9.59 Å². The number of unbranched alkanes of at least 4 members (excludes halogenated alkanes) is 2. The topological polar surface area (TPSA) is 61.8 Å². The number of esters is 2. The number of benzene rings is 3. The van der Waals surface area contributed by atoms with Crippen LogP contribution >= 0.6 is 0 Å². The molecule has 0 aromatic heterocycles. The molecule has 0 N–H and O–H groups in total. The average Bonchev–Trinajstić information content (AvgIpc) is 2.90. The van der Waals surface area contributed by atoms with Gasteiger partial charge in [-0.15, -0.1) is 0 Å². The van der Waals surface area contributed by atoms with Crippen LogP contribution in [-0.4, -0.2) is 25.2 Å². The summed E-state index contributed by atoms with van der Waals surface area (Å²) in [5, 5.41) is 0. The van der Waals surface area contributed by atoms with Crippen molar-refractivity contribution in [3.05, 3.63) is 83.9 Å². The number of ether oxygens (including phenoxy) is 3. The molecule has 0 aliphatic heterocycles. The lowest BCUT2D eigenvalue weighted by Crippen LogP contribution is -2.12. The van der Waals surface area contributed by atoms with Crippen molar-refractivity contribution in [2.45, 2.75) is 46.5 Å². The molecule has 0 bridgehead atoms. The van der Waals surface area contributed by atoms with E-state index in [1.165, 1.54) is 12.8 Å². The molecule has 5 nitrogen and oxygen atoms in total. The monoisotopic (exact) mass is 474 g/mol. The first-order valence-electron chi connectivity index (χ1n) is 12.3. The van der Waals surface area contributed by atoms with Crippen LogP contribution in [0.4, 0.5) is 0 Å². The van der Waals surface area contributed by atoms with Gasteiger partial charge in [-0.3, -0.25) is 0 Å². The quantitative estimate of drug-likeness (QED) is 0.156. The van der Waals surface area contributed by atoms with Crippen LogP contribution in [0.25, 0.3) is 11.1 Å². The van der Waals surface area contributed by atoms with Crippen LogP contribution in [0.15, 0.2) is 72.8 Å². The van der Waals surface area contributed by atoms with E-state index in [1.807, 2.05) is 43.3 Å². The van der Waals surface area contributed by atoms with Crippen molar-refractivity contribution in [3.63, 3.8) is 0 Å². The van der Waals surface area contributed by atoms with Crippen LogP contribution in [0.1, 0.15) is 67.2 Å². The van der Waals surface area contributed by atoms with Crippen molar-refractivity contribution < 1.29 is 23.8 Å². The highest BCUT2D eigenvalue weighted by molar-refractivity contribution is 5.92. The molecule has 0 aliphatic carbocycles. The fourth-order valence-corrected chi connectivity index (χ4v) is 3.33. The molecule has 3 aromatic rings. The third-order valence-corrected chi connectivity index (χ3v) is 5.82. The van der Waals surface area contributed by atoms with Gasteiger partial charge in [0.25, 0.3) is 0 Å². The molecule has 35 heavy (non-hydrogen) atoms. The van der Waals surface area contributed by atoms with E-state index in [0.29, 0.717) is 29.4 Å². The Morgan fingerprint density at radius 2 is 1.26 bits per heavy atom. The molecule has 0 amide bonds. The summed E-state index contributed by atoms with van der Waals surface area (Å²) in [6.07, 6.45) is 4.35. The van der Waals surface area contributed by atoms with E-state index >= 15 is 0 Å².